The Morgan fingerprint density at radius 3 is 2.38 bits per heavy atom. The van der Waals surface area contributed by atoms with Gasteiger partial charge in [-0.2, -0.15) is 13.2 Å². The zero-order valence-electron chi connectivity index (χ0n) is 18.2. The number of hydrogen-bond acceptors (Lipinski definition) is 4. The lowest BCUT2D eigenvalue weighted by molar-refractivity contribution is -0.139. The molecule has 1 N–H and O–H groups in total. The summed E-state index contributed by atoms with van der Waals surface area (Å²) in [5.41, 5.74) is -1.71. The van der Waals surface area contributed by atoms with Crippen molar-refractivity contribution in [1.82, 2.24) is 15.1 Å². The van der Waals surface area contributed by atoms with Crippen molar-refractivity contribution in [2.45, 2.75) is 18.6 Å². The number of benzene rings is 2. The van der Waals surface area contributed by atoms with Gasteiger partial charge in [0.1, 0.15) is 12.1 Å². The number of rotatable bonds is 4. The second-order valence-electron chi connectivity index (χ2n) is 8.37. The predicted octanol–water partition coefficient (Wildman–Crippen LogP) is 3.47. The maximum Gasteiger partial charge on any atom is 0.416 e. The van der Waals surface area contributed by atoms with Crippen LogP contribution in [0.5, 0.6) is 0 Å². The van der Waals surface area contributed by atoms with Crippen LogP contribution in [0.3, 0.4) is 0 Å². The standard InChI is InChI=1S/C23H22ClF3N4O3/c1-22(15-4-2-5-16(12-15)23(25,26)27)20(33)31(21(34)28-22)14-19(32)30-10-8-29(9-11-30)18-7-3-6-17(24)13-18/h2-7,12-13H,8-11,14H2,1H3,(H,28,34). The minimum absolute atomic E-state index is 0.00856. The van der Waals surface area contributed by atoms with Crippen LogP contribution >= 0.6 is 11.6 Å². The van der Waals surface area contributed by atoms with E-state index in [0.717, 1.165) is 22.7 Å². The van der Waals surface area contributed by atoms with Crippen molar-refractivity contribution in [3.63, 3.8) is 0 Å². The number of carbonyl (C=O) groups is 3. The van der Waals surface area contributed by atoms with Crippen LogP contribution in [0.15, 0.2) is 48.5 Å². The third-order valence-electron chi connectivity index (χ3n) is 6.14. The molecule has 0 radical (unpaired) electrons. The zero-order valence-corrected chi connectivity index (χ0v) is 19.0. The molecule has 2 aliphatic rings. The Labute approximate surface area is 199 Å². The number of amides is 4. The van der Waals surface area contributed by atoms with Gasteiger partial charge in [0, 0.05) is 36.9 Å². The number of hydrogen-bond donors (Lipinski definition) is 1. The second kappa shape index (κ2) is 8.83. The molecular weight excluding hydrogens is 473 g/mol. The van der Waals surface area contributed by atoms with E-state index >= 15 is 0 Å². The molecule has 4 rings (SSSR count). The highest BCUT2D eigenvalue weighted by atomic mass is 35.5. The van der Waals surface area contributed by atoms with Crippen LogP contribution < -0.4 is 10.2 Å². The fourth-order valence-electron chi connectivity index (χ4n) is 4.16. The Balaban J connectivity index is 1.42. The highest BCUT2D eigenvalue weighted by molar-refractivity contribution is 6.30. The fourth-order valence-corrected chi connectivity index (χ4v) is 4.35. The minimum atomic E-state index is -4.60. The smallest absolute Gasteiger partial charge is 0.368 e. The van der Waals surface area contributed by atoms with Crippen LogP contribution in [-0.2, 0) is 21.3 Å². The largest absolute Gasteiger partial charge is 0.416 e. The highest BCUT2D eigenvalue weighted by Gasteiger charge is 2.50. The number of piperazine rings is 1. The quantitative estimate of drug-likeness (QED) is 0.661. The summed E-state index contributed by atoms with van der Waals surface area (Å²) in [5, 5.41) is 3.06. The third kappa shape index (κ3) is 4.54. The van der Waals surface area contributed by atoms with Gasteiger partial charge in [0.15, 0.2) is 0 Å². The van der Waals surface area contributed by atoms with Gasteiger partial charge in [-0.3, -0.25) is 14.5 Å². The molecule has 0 saturated carbocycles. The van der Waals surface area contributed by atoms with Crippen molar-refractivity contribution < 1.29 is 27.6 Å². The van der Waals surface area contributed by atoms with Gasteiger partial charge in [-0.1, -0.05) is 29.8 Å². The van der Waals surface area contributed by atoms with Crippen LogP contribution in [0.2, 0.25) is 5.02 Å². The van der Waals surface area contributed by atoms with E-state index in [0.29, 0.717) is 31.2 Å². The van der Waals surface area contributed by atoms with Gasteiger partial charge < -0.3 is 15.1 Å². The lowest BCUT2D eigenvalue weighted by Gasteiger charge is -2.36. The summed E-state index contributed by atoms with van der Waals surface area (Å²) >= 11 is 6.04. The lowest BCUT2D eigenvalue weighted by atomic mass is 9.90. The van der Waals surface area contributed by atoms with Crippen LogP contribution in [-0.4, -0.2) is 60.4 Å². The molecule has 2 aromatic carbocycles. The van der Waals surface area contributed by atoms with Crippen molar-refractivity contribution in [3.05, 3.63) is 64.7 Å². The summed E-state index contributed by atoms with van der Waals surface area (Å²) in [6.45, 7) is 2.72. The summed E-state index contributed by atoms with van der Waals surface area (Å²) in [7, 11) is 0. The molecule has 2 aliphatic heterocycles. The number of urea groups is 1. The van der Waals surface area contributed by atoms with E-state index in [9.17, 15) is 27.6 Å². The summed E-state index contributed by atoms with van der Waals surface area (Å²) in [5.74, 6) is -1.19. The Hall–Kier alpha value is -3.27. The van der Waals surface area contributed by atoms with E-state index < -0.39 is 41.7 Å². The van der Waals surface area contributed by atoms with E-state index in [1.807, 2.05) is 18.2 Å². The average Bonchev–Trinajstić information content (AvgIpc) is 3.02. The molecule has 11 heteroatoms. The zero-order chi connectivity index (χ0) is 24.7. The number of nitrogens with zero attached hydrogens (tertiary/aromatic N) is 3. The van der Waals surface area contributed by atoms with E-state index in [1.165, 1.54) is 19.1 Å². The first-order valence-electron chi connectivity index (χ1n) is 10.6. The van der Waals surface area contributed by atoms with E-state index in [4.69, 9.17) is 11.6 Å². The lowest BCUT2D eigenvalue weighted by Crippen LogP contribution is -2.52. The summed E-state index contributed by atoms with van der Waals surface area (Å²) in [4.78, 5) is 42.8. The van der Waals surface area contributed by atoms with Gasteiger partial charge in [0.05, 0.1) is 5.56 Å². The molecule has 34 heavy (non-hydrogen) atoms. The maximum absolute atomic E-state index is 13.1. The first-order valence-corrected chi connectivity index (χ1v) is 11.0. The Kier molecular flexibility index (Phi) is 6.20. The molecular formula is C23H22ClF3N4O3. The van der Waals surface area contributed by atoms with Crippen LogP contribution in [0.1, 0.15) is 18.1 Å². The molecule has 1 atom stereocenters. The van der Waals surface area contributed by atoms with E-state index in [1.54, 1.807) is 11.0 Å². The van der Waals surface area contributed by atoms with Crippen LogP contribution in [0.4, 0.5) is 23.7 Å². The van der Waals surface area contributed by atoms with Crippen molar-refractivity contribution in [1.29, 1.82) is 0 Å². The summed E-state index contributed by atoms with van der Waals surface area (Å²) in [6.07, 6.45) is -4.60. The van der Waals surface area contributed by atoms with Gasteiger partial charge in [0.2, 0.25) is 5.91 Å². The van der Waals surface area contributed by atoms with Gasteiger partial charge in [0.25, 0.3) is 5.91 Å². The minimum Gasteiger partial charge on any atom is -0.368 e. The Bertz CT molecular complexity index is 1130. The molecule has 180 valence electrons. The monoisotopic (exact) mass is 494 g/mol. The molecule has 0 spiro atoms. The molecule has 4 amide bonds. The topological polar surface area (TPSA) is 73.0 Å². The van der Waals surface area contributed by atoms with Crippen molar-refractivity contribution in [2.24, 2.45) is 0 Å². The molecule has 2 aromatic rings. The molecule has 1 unspecified atom stereocenters. The predicted molar refractivity (Wildman–Crippen MR) is 119 cm³/mol. The van der Waals surface area contributed by atoms with Crippen LogP contribution in [0, 0.1) is 0 Å². The number of anilines is 1. The summed E-state index contributed by atoms with van der Waals surface area (Å²) in [6, 6.07) is 10.8. The van der Waals surface area contributed by atoms with Crippen molar-refractivity contribution in [2.75, 3.05) is 37.6 Å². The number of carbonyl (C=O) groups excluding carboxylic acids is 3. The molecule has 2 saturated heterocycles. The van der Waals surface area contributed by atoms with Crippen LogP contribution in [0.25, 0.3) is 0 Å². The first-order chi connectivity index (χ1) is 16.0. The maximum atomic E-state index is 13.1. The highest BCUT2D eigenvalue weighted by Crippen LogP contribution is 2.34. The van der Waals surface area contributed by atoms with Gasteiger partial charge in [-0.15, -0.1) is 0 Å². The van der Waals surface area contributed by atoms with E-state index in [-0.39, 0.29) is 5.56 Å². The SMILES string of the molecule is CC1(c2cccc(C(F)(F)F)c2)NC(=O)N(CC(=O)N2CCN(c3cccc(Cl)c3)CC2)C1=O. The van der Waals surface area contributed by atoms with Crippen molar-refractivity contribution >= 4 is 35.1 Å². The second-order valence-corrected chi connectivity index (χ2v) is 8.81. The molecule has 0 bridgehead atoms. The Morgan fingerprint density at radius 2 is 1.74 bits per heavy atom. The number of alkyl halides is 3. The molecule has 2 fully saturated rings. The van der Waals surface area contributed by atoms with Gasteiger partial charge >= 0.3 is 12.2 Å². The number of nitrogens with one attached hydrogen (secondary N) is 1. The molecule has 0 aromatic heterocycles. The molecule has 7 nitrogen and oxygen atoms in total. The van der Waals surface area contributed by atoms with Gasteiger partial charge in [-0.05, 0) is 42.8 Å². The summed E-state index contributed by atoms with van der Waals surface area (Å²) < 4.78 is 39.4. The van der Waals surface area contributed by atoms with E-state index in [2.05, 4.69) is 10.2 Å². The first kappa shape index (κ1) is 23.9. The normalized spacial score (nSPS) is 21.1. The number of halogens is 4. The average molecular weight is 495 g/mol. The third-order valence-corrected chi connectivity index (χ3v) is 6.38. The number of imide groups is 1. The molecule has 0 aliphatic carbocycles. The Morgan fingerprint density at radius 1 is 1.06 bits per heavy atom. The molecule has 2 heterocycles. The van der Waals surface area contributed by atoms with Crippen molar-refractivity contribution in [3.8, 4) is 0 Å². The fraction of sp³-hybridized carbons (Fsp3) is 0.348. The van der Waals surface area contributed by atoms with Gasteiger partial charge in [-0.25, -0.2) is 4.79 Å².